The van der Waals surface area contributed by atoms with Crippen LogP contribution in [0.3, 0.4) is 0 Å². The van der Waals surface area contributed by atoms with E-state index >= 15 is 0 Å². The number of rotatable bonds is 8. The van der Waals surface area contributed by atoms with E-state index in [1.165, 1.54) is 0 Å². The van der Waals surface area contributed by atoms with Gasteiger partial charge in [0, 0.05) is 44.2 Å². The van der Waals surface area contributed by atoms with Crippen molar-refractivity contribution in [3.05, 3.63) is 72.2 Å². The van der Waals surface area contributed by atoms with E-state index in [-0.39, 0.29) is 5.91 Å². The summed E-state index contributed by atoms with van der Waals surface area (Å²) < 4.78 is 0. The Morgan fingerprint density at radius 1 is 1.07 bits per heavy atom. The van der Waals surface area contributed by atoms with E-state index in [0.29, 0.717) is 29.8 Å². The minimum atomic E-state index is -0.119. The maximum Gasteiger partial charge on any atom is 0.272 e. The van der Waals surface area contributed by atoms with E-state index in [1.54, 1.807) is 30.4 Å². The van der Waals surface area contributed by atoms with Gasteiger partial charge in [0.25, 0.3) is 5.91 Å². The zero-order valence-corrected chi connectivity index (χ0v) is 17.2. The summed E-state index contributed by atoms with van der Waals surface area (Å²) in [5.74, 6) is 1.56. The molecule has 1 amide bonds. The van der Waals surface area contributed by atoms with Gasteiger partial charge in [-0.15, -0.1) is 0 Å². The average molecular weight is 390 g/mol. The Morgan fingerprint density at radius 2 is 1.79 bits per heavy atom. The summed E-state index contributed by atoms with van der Waals surface area (Å²) in [4.78, 5) is 27.9. The normalized spacial score (nSPS) is 10.8. The Morgan fingerprint density at radius 3 is 2.48 bits per heavy atom. The summed E-state index contributed by atoms with van der Waals surface area (Å²) in [6.07, 6.45) is 4.29. The molecule has 6 heteroatoms. The van der Waals surface area contributed by atoms with Gasteiger partial charge in [-0.3, -0.25) is 9.78 Å². The molecule has 2 aromatic heterocycles. The molecule has 3 rings (SSSR count). The highest BCUT2D eigenvalue weighted by Gasteiger charge is 2.17. The molecule has 0 saturated carbocycles. The number of hydrogen-bond acceptors (Lipinski definition) is 5. The number of amides is 1. The van der Waals surface area contributed by atoms with Gasteiger partial charge in [0.2, 0.25) is 0 Å². The Bertz CT molecular complexity index is 929. The first-order chi connectivity index (χ1) is 14.0. The molecule has 0 unspecified atom stereocenters. The highest BCUT2D eigenvalue weighted by molar-refractivity contribution is 5.93. The fourth-order valence-electron chi connectivity index (χ4n) is 2.82. The molecule has 2 heterocycles. The van der Waals surface area contributed by atoms with E-state index in [1.807, 2.05) is 42.5 Å². The van der Waals surface area contributed by atoms with E-state index in [0.717, 1.165) is 24.1 Å². The van der Waals surface area contributed by atoms with E-state index < -0.39 is 0 Å². The number of aromatic nitrogens is 3. The summed E-state index contributed by atoms with van der Waals surface area (Å²) >= 11 is 0. The van der Waals surface area contributed by atoms with Crippen molar-refractivity contribution in [2.24, 2.45) is 5.92 Å². The molecule has 0 atom stereocenters. The lowest BCUT2D eigenvalue weighted by Gasteiger charge is -2.18. The van der Waals surface area contributed by atoms with Gasteiger partial charge >= 0.3 is 0 Å². The van der Waals surface area contributed by atoms with E-state index in [4.69, 9.17) is 0 Å². The summed E-state index contributed by atoms with van der Waals surface area (Å²) in [6.45, 7) is 5.63. The second kappa shape index (κ2) is 9.78. The van der Waals surface area contributed by atoms with Crippen LogP contribution in [0, 0.1) is 5.92 Å². The van der Waals surface area contributed by atoms with Crippen LogP contribution in [0.5, 0.6) is 0 Å². The molecule has 6 nitrogen and oxygen atoms in total. The third kappa shape index (κ3) is 5.85. The fraction of sp³-hybridized carbons (Fsp3) is 0.304. The van der Waals surface area contributed by atoms with Crippen molar-refractivity contribution < 1.29 is 4.79 Å². The van der Waals surface area contributed by atoms with E-state index in [2.05, 4.69) is 34.1 Å². The summed E-state index contributed by atoms with van der Waals surface area (Å²) in [5, 5.41) is 3.32. The minimum Gasteiger partial charge on any atom is -0.370 e. The molecule has 1 N–H and O–H groups in total. The Kier molecular flexibility index (Phi) is 6.89. The smallest absolute Gasteiger partial charge is 0.272 e. The molecule has 0 aliphatic rings. The first-order valence-corrected chi connectivity index (χ1v) is 9.85. The molecule has 0 radical (unpaired) electrons. The van der Waals surface area contributed by atoms with Crippen molar-refractivity contribution in [2.45, 2.75) is 20.3 Å². The molecule has 0 aliphatic heterocycles. The van der Waals surface area contributed by atoms with Crippen LogP contribution in [0.15, 0.2) is 60.9 Å². The maximum absolute atomic E-state index is 13.0. The Balaban J connectivity index is 1.81. The highest BCUT2D eigenvalue weighted by atomic mass is 16.2. The van der Waals surface area contributed by atoms with Crippen LogP contribution >= 0.6 is 0 Å². The topological polar surface area (TPSA) is 71.0 Å². The first-order valence-electron chi connectivity index (χ1n) is 9.85. The largest absolute Gasteiger partial charge is 0.370 e. The number of nitrogens with zero attached hydrogens (tertiary/aromatic N) is 4. The molecular formula is C23H27N5O. The van der Waals surface area contributed by atoms with E-state index in [9.17, 15) is 4.79 Å². The molecule has 0 bridgehead atoms. The third-order valence-corrected chi connectivity index (χ3v) is 4.50. The molecule has 150 valence electrons. The van der Waals surface area contributed by atoms with Gasteiger partial charge in [-0.2, -0.15) is 0 Å². The SMILES string of the molecule is CC(C)CNc1cc(C(=O)N(C)CCc2ccncc2)nc(-c2ccccc2)n1. The summed E-state index contributed by atoms with van der Waals surface area (Å²) in [5.41, 5.74) is 2.42. The molecular weight excluding hydrogens is 362 g/mol. The molecule has 1 aromatic carbocycles. The van der Waals surface area contributed by atoms with Gasteiger partial charge in [0.15, 0.2) is 5.82 Å². The number of carbonyl (C=O) groups excluding carboxylic acids is 1. The lowest BCUT2D eigenvalue weighted by atomic mass is 10.2. The Labute approximate surface area is 172 Å². The maximum atomic E-state index is 13.0. The number of likely N-dealkylation sites (N-methyl/N-ethyl adjacent to an activating group) is 1. The number of carbonyl (C=O) groups is 1. The van der Waals surface area contributed by atoms with Crippen molar-refractivity contribution in [1.29, 1.82) is 0 Å². The van der Waals surface area contributed by atoms with Crippen LogP contribution in [0.4, 0.5) is 5.82 Å². The van der Waals surface area contributed by atoms with Gasteiger partial charge in [-0.25, -0.2) is 9.97 Å². The Hall–Kier alpha value is -3.28. The number of pyridine rings is 1. The monoisotopic (exact) mass is 389 g/mol. The molecule has 0 fully saturated rings. The van der Waals surface area contributed by atoms with Crippen LogP contribution in [0.25, 0.3) is 11.4 Å². The minimum absolute atomic E-state index is 0.119. The van der Waals surface area contributed by atoms with Crippen LogP contribution in [-0.4, -0.2) is 45.9 Å². The molecule has 3 aromatic rings. The van der Waals surface area contributed by atoms with Crippen molar-refractivity contribution in [2.75, 3.05) is 25.5 Å². The lowest BCUT2D eigenvalue weighted by Crippen LogP contribution is -2.30. The average Bonchev–Trinajstić information content (AvgIpc) is 2.76. The number of hydrogen-bond donors (Lipinski definition) is 1. The first kappa shape index (κ1) is 20.5. The second-order valence-electron chi connectivity index (χ2n) is 7.43. The van der Waals surface area contributed by atoms with Gasteiger partial charge in [-0.05, 0) is 30.0 Å². The molecule has 0 aliphatic carbocycles. The summed E-state index contributed by atoms with van der Waals surface area (Å²) in [6, 6.07) is 15.4. The van der Waals surface area contributed by atoms with Crippen LogP contribution in [0.2, 0.25) is 0 Å². The summed E-state index contributed by atoms with van der Waals surface area (Å²) in [7, 11) is 1.80. The zero-order chi connectivity index (χ0) is 20.6. The molecule has 29 heavy (non-hydrogen) atoms. The molecule has 0 spiro atoms. The van der Waals surface area contributed by atoms with Crippen molar-refractivity contribution >= 4 is 11.7 Å². The number of anilines is 1. The van der Waals surface area contributed by atoms with Gasteiger partial charge in [0.05, 0.1) is 0 Å². The quantitative estimate of drug-likeness (QED) is 0.632. The van der Waals surface area contributed by atoms with Gasteiger partial charge in [-0.1, -0.05) is 44.2 Å². The van der Waals surface area contributed by atoms with Crippen LogP contribution in [0.1, 0.15) is 29.9 Å². The third-order valence-electron chi connectivity index (χ3n) is 4.50. The number of benzene rings is 1. The predicted molar refractivity (Wildman–Crippen MR) is 116 cm³/mol. The standard InChI is InChI=1S/C23H27N5O/c1-17(2)16-25-21-15-20(26-22(27-21)19-7-5-4-6-8-19)23(29)28(3)14-11-18-9-12-24-13-10-18/h4-10,12-13,15,17H,11,14,16H2,1-3H3,(H,25,26,27). The predicted octanol–water partition coefficient (Wildman–Crippen LogP) is 3.92. The van der Waals surface area contributed by atoms with Crippen LogP contribution < -0.4 is 5.32 Å². The fourth-order valence-corrected chi connectivity index (χ4v) is 2.82. The number of nitrogens with one attached hydrogen (secondary N) is 1. The molecule has 0 saturated heterocycles. The van der Waals surface area contributed by atoms with Crippen molar-refractivity contribution in [3.8, 4) is 11.4 Å². The second-order valence-corrected chi connectivity index (χ2v) is 7.43. The van der Waals surface area contributed by atoms with Crippen molar-refractivity contribution in [3.63, 3.8) is 0 Å². The van der Waals surface area contributed by atoms with Gasteiger partial charge in [0.1, 0.15) is 11.5 Å². The lowest BCUT2D eigenvalue weighted by molar-refractivity contribution is 0.0791. The van der Waals surface area contributed by atoms with Crippen LogP contribution in [-0.2, 0) is 6.42 Å². The zero-order valence-electron chi connectivity index (χ0n) is 17.2. The highest BCUT2D eigenvalue weighted by Crippen LogP contribution is 2.19. The van der Waals surface area contributed by atoms with Gasteiger partial charge < -0.3 is 10.2 Å². The van der Waals surface area contributed by atoms with Crippen molar-refractivity contribution in [1.82, 2.24) is 19.9 Å².